The van der Waals surface area contributed by atoms with Crippen molar-refractivity contribution in [1.82, 2.24) is 0 Å². The molecule has 2 N–H and O–H groups in total. The number of benzene rings is 1. The fourth-order valence-corrected chi connectivity index (χ4v) is 2.01. The van der Waals surface area contributed by atoms with E-state index >= 15 is 0 Å². The molecule has 1 aromatic rings. The van der Waals surface area contributed by atoms with Crippen LogP contribution in [0, 0.1) is 11.7 Å². The third kappa shape index (κ3) is 1.36. The van der Waals surface area contributed by atoms with Crippen LogP contribution in [-0.4, -0.2) is 22.2 Å². The molecule has 0 amide bonds. The van der Waals surface area contributed by atoms with Crippen LogP contribution in [0.5, 0.6) is 0 Å². The number of carboxylic acid groups (broad SMARTS) is 2. The number of carboxylic acids is 2. The van der Waals surface area contributed by atoms with E-state index in [0.717, 1.165) is 6.07 Å². The number of hydrogen-bond acceptors (Lipinski definition) is 2. The minimum atomic E-state index is -1.45. The molecule has 2 atom stereocenters. The molecule has 2 rings (SSSR count). The number of carbonyl (C=O) groups is 2. The highest BCUT2D eigenvalue weighted by molar-refractivity contribution is 5.94. The molecule has 0 aliphatic heterocycles. The Kier molecular flexibility index (Phi) is 2.18. The summed E-state index contributed by atoms with van der Waals surface area (Å²) in [5.74, 6) is -3.90. The highest BCUT2D eigenvalue weighted by Crippen LogP contribution is 2.54. The second kappa shape index (κ2) is 3.30. The summed E-state index contributed by atoms with van der Waals surface area (Å²) in [5, 5.41) is 17.9. The van der Waals surface area contributed by atoms with Crippen LogP contribution in [-0.2, 0) is 15.0 Å². The van der Waals surface area contributed by atoms with E-state index < -0.39 is 29.1 Å². The molecule has 0 bridgehead atoms. The Bertz CT molecular complexity index is 471. The van der Waals surface area contributed by atoms with Crippen LogP contribution >= 0.6 is 0 Å². The van der Waals surface area contributed by atoms with E-state index in [9.17, 15) is 14.0 Å². The summed E-state index contributed by atoms with van der Waals surface area (Å²) >= 11 is 0. The third-order valence-corrected chi connectivity index (χ3v) is 2.98. The quantitative estimate of drug-likeness (QED) is 0.810. The molecular weight excluding hydrogens is 215 g/mol. The maximum atomic E-state index is 13.0. The van der Waals surface area contributed by atoms with Crippen molar-refractivity contribution in [1.29, 1.82) is 0 Å². The van der Waals surface area contributed by atoms with Crippen molar-refractivity contribution in [2.24, 2.45) is 5.92 Å². The lowest BCUT2D eigenvalue weighted by molar-refractivity contribution is -0.145. The summed E-state index contributed by atoms with van der Waals surface area (Å²) in [6.45, 7) is 0. The number of rotatable bonds is 3. The molecule has 16 heavy (non-hydrogen) atoms. The van der Waals surface area contributed by atoms with Gasteiger partial charge in [0, 0.05) is 0 Å². The lowest BCUT2D eigenvalue weighted by Crippen LogP contribution is -2.25. The largest absolute Gasteiger partial charge is 0.481 e. The predicted octanol–water partition coefficient (Wildman–Crippen LogP) is 1.25. The maximum Gasteiger partial charge on any atom is 0.315 e. The molecule has 1 aliphatic rings. The summed E-state index contributed by atoms with van der Waals surface area (Å²) in [4.78, 5) is 21.9. The highest BCUT2D eigenvalue weighted by atomic mass is 19.1. The van der Waals surface area contributed by atoms with Gasteiger partial charge in [0.05, 0.1) is 5.92 Å². The molecule has 0 heterocycles. The van der Waals surface area contributed by atoms with Crippen LogP contribution in [0.25, 0.3) is 0 Å². The van der Waals surface area contributed by atoms with Gasteiger partial charge in [0.2, 0.25) is 0 Å². The van der Waals surface area contributed by atoms with Gasteiger partial charge in [0.15, 0.2) is 0 Å². The summed E-state index contributed by atoms with van der Waals surface area (Å²) in [6, 6.07) is 5.10. The lowest BCUT2D eigenvalue weighted by Gasteiger charge is -2.11. The first kappa shape index (κ1) is 10.6. The molecule has 0 radical (unpaired) electrons. The van der Waals surface area contributed by atoms with Crippen molar-refractivity contribution in [3.8, 4) is 0 Å². The van der Waals surface area contributed by atoms with Gasteiger partial charge in [0.1, 0.15) is 11.2 Å². The smallest absolute Gasteiger partial charge is 0.315 e. The molecule has 0 unspecified atom stereocenters. The van der Waals surface area contributed by atoms with Gasteiger partial charge in [-0.3, -0.25) is 9.59 Å². The highest BCUT2D eigenvalue weighted by Gasteiger charge is 2.65. The zero-order valence-electron chi connectivity index (χ0n) is 8.18. The van der Waals surface area contributed by atoms with Gasteiger partial charge >= 0.3 is 11.9 Å². The number of aliphatic carboxylic acids is 2. The molecule has 5 heteroatoms. The zero-order chi connectivity index (χ0) is 11.9. The Morgan fingerprint density at radius 1 is 1.38 bits per heavy atom. The van der Waals surface area contributed by atoms with Crippen molar-refractivity contribution < 1.29 is 24.2 Å². The second-order valence-corrected chi connectivity index (χ2v) is 3.88. The maximum absolute atomic E-state index is 13.0. The lowest BCUT2D eigenvalue weighted by atomic mass is 9.93. The van der Waals surface area contributed by atoms with Crippen LogP contribution in [0.3, 0.4) is 0 Å². The van der Waals surface area contributed by atoms with Crippen molar-refractivity contribution in [2.75, 3.05) is 0 Å². The van der Waals surface area contributed by atoms with E-state index in [2.05, 4.69) is 0 Å². The molecule has 1 aromatic carbocycles. The van der Waals surface area contributed by atoms with Crippen molar-refractivity contribution in [3.63, 3.8) is 0 Å². The van der Waals surface area contributed by atoms with Gasteiger partial charge < -0.3 is 10.2 Å². The summed E-state index contributed by atoms with van der Waals surface area (Å²) < 4.78 is 13.0. The fraction of sp³-hybridized carbons (Fsp3) is 0.273. The van der Waals surface area contributed by atoms with E-state index in [1.165, 1.54) is 18.2 Å². The Labute approximate surface area is 90.3 Å². The third-order valence-electron chi connectivity index (χ3n) is 2.98. The van der Waals surface area contributed by atoms with Crippen LogP contribution < -0.4 is 0 Å². The second-order valence-electron chi connectivity index (χ2n) is 3.88. The molecule has 1 aliphatic carbocycles. The van der Waals surface area contributed by atoms with Crippen LogP contribution in [0.15, 0.2) is 24.3 Å². The number of halogens is 1. The summed E-state index contributed by atoms with van der Waals surface area (Å²) in [5.41, 5.74) is -1.24. The number of hydrogen-bond donors (Lipinski definition) is 2. The van der Waals surface area contributed by atoms with Gasteiger partial charge in [-0.25, -0.2) is 4.39 Å². The predicted molar refractivity (Wildman–Crippen MR) is 51.5 cm³/mol. The van der Waals surface area contributed by atoms with E-state index in [4.69, 9.17) is 10.2 Å². The van der Waals surface area contributed by atoms with Crippen molar-refractivity contribution in [2.45, 2.75) is 11.8 Å². The molecule has 4 nitrogen and oxygen atoms in total. The van der Waals surface area contributed by atoms with E-state index in [-0.39, 0.29) is 12.0 Å². The summed E-state index contributed by atoms with van der Waals surface area (Å²) in [7, 11) is 0. The Morgan fingerprint density at radius 3 is 2.50 bits per heavy atom. The van der Waals surface area contributed by atoms with Gasteiger partial charge in [-0.2, -0.15) is 0 Å². The van der Waals surface area contributed by atoms with Crippen molar-refractivity contribution >= 4 is 11.9 Å². The topological polar surface area (TPSA) is 74.6 Å². The molecular formula is C11H9FO4. The average molecular weight is 224 g/mol. The van der Waals surface area contributed by atoms with Crippen LogP contribution in [0.1, 0.15) is 12.0 Å². The van der Waals surface area contributed by atoms with Gasteiger partial charge in [-0.15, -0.1) is 0 Å². The minimum absolute atomic E-state index is 0.0150. The SMILES string of the molecule is O=C(O)[C@H]1C[C@]1(C(=O)O)c1cccc(F)c1. The Hall–Kier alpha value is -1.91. The van der Waals surface area contributed by atoms with E-state index in [0.29, 0.717) is 0 Å². The molecule has 0 aromatic heterocycles. The molecule has 84 valence electrons. The first-order chi connectivity index (χ1) is 7.48. The van der Waals surface area contributed by atoms with E-state index in [1.807, 2.05) is 0 Å². The fourth-order valence-electron chi connectivity index (χ4n) is 2.01. The van der Waals surface area contributed by atoms with Crippen LogP contribution in [0.4, 0.5) is 4.39 Å². The monoisotopic (exact) mass is 224 g/mol. The normalized spacial score (nSPS) is 27.4. The standard InChI is InChI=1S/C11H9FO4/c12-7-3-1-2-6(4-7)11(10(15)16)5-8(11)9(13)14/h1-4,8H,5H2,(H,13,14)(H,15,16)/t8-,11+/m1/s1. The first-order valence-corrected chi connectivity index (χ1v) is 4.70. The zero-order valence-corrected chi connectivity index (χ0v) is 8.18. The van der Waals surface area contributed by atoms with E-state index in [1.54, 1.807) is 0 Å². The Morgan fingerprint density at radius 2 is 2.06 bits per heavy atom. The molecule has 1 saturated carbocycles. The van der Waals surface area contributed by atoms with Gasteiger partial charge in [-0.05, 0) is 24.1 Å². The average Bonchev–Trinajstić information content (AvgIpc) is 2.93. The first-order valence-electron chi connectivity index (χ1n) is 4.70. The molecule has 0 saturated heterocycles. The van der Waals surface area contributed by atoms with Gasteiger partial charge in [-0.1, -0.05) is 12.1 Å². The van der Waals surface area contributed by atoms with Gasteiger partial charge in [0.25, 0.3) is 0 Å². The van der Waals surface area contributed by atoms with Crippen molar-refractivity contribution in [3.05, 3.63) is 35.6 Å². The minimum Gasteiger partial charge on any atom is -0.481 e. The molecule has 0 spiro atoms. The Balaban J connectivity index is 2.44. The summed E-state index contributed by atoms with van der Waals surface area (Å²) in [6.07, 6.45) is 0.0150. The van der Waals surface area contributed by atoms with Crippen LogP contribution in [0.2, 0.25) is 0 Å². The molecule has 1 fully saturated rings.